The van der Waals surface area contributed by atoms with Gasteiger partial charge in [0.2, 0.25) is 0 Å². The summed E-state index contributed by atoms with van der Waals surface area (Å²) in [7, 11) is 2.91. The summed E-state index contributed by atoms with van der Waals surface area (Å²) in [4.78, 5) is 0. The third-order valence-corrected chi connectivity index (χ3v) is 7.92. The third kappa shape index (κ3) is 3.30. The molecule has 0 saturated heterocycles. The minimum Gasteiger partial charge on any atom is -0.508 e. The lowest BCUT2D eigenvalue weighted by Crippen LogP contribution is -2.26. The van der Waals surface area contributed by atoms with Gasteiger partial charge in [-0.25, -0.2) is 0 Å². The Bertz CT molecular complexity index is 1590. The highest BCUT2D eigenvalue weighted by molar-refractivity contribution is 5.69. The van der Waals surface area contributed by atoms with Gasteiger partial charge < -0.3 is 40.1 Å². The van der Waals surface area contributed by atoms with Crippen LogP contribution in [-0.2, 0) is 0 Å². The number of benzene rings is 4. The largest absolute Gasteiger partial charge is 0.508 e. The highest BCUT2D eigenvalue weighted by atomic mass is 16.5. The molecule has 6 rings (SSSR count). The summed E-state index contributed by atoms with van der Waals surface area (Å²) in [5, 5.41) is 63.9. The first kappa shape index (κ1) is 23.7. The first-order valence-electron chi connectivity index (χ1n) is 12.1. The van der Waals surface area contributed by atoms with E-state index in [1.54, 1.807) is 42.5 Å². The second-order valence-electron chi connectivity index (χ2n) is 9.81. The van der Waals surface area contributed by atoms with E-state index in [0.717, 1.165) is 11.1 Å². The molecule has 0 spiro atoms. The van der Waals surface area contributed by atoms with Crippen molar-refractivity contribution in [1.82, 2.24) is 0 Å². The van der Waals surface area contributed by atoms with Crippen LogP contribution in [0.4, 0.5) is 0 Å². The Morgan fingerprint density at radius 1 is 0.500 bits per heavy atom. The van der Waals surface area contributed by atoms with E-state index in [4.69, 9.17) is 9.47 Å². The predicted octanol–water partition coefficient (Wildman–Crippen LogP) is 5.10. The molecule has 0 saturated carbocycles. The van der Waals surface area contributed by atoms with Gasteiger partial charge in [-0.2, -0.15) is 0 Å². The topological polar surface area (TPSA) is 140 Å². The van der Waals surface area contributed by atoms with Gasteiger partial charge in [0.15, 0.2) is 23.0 Å². The van der Waals surface area contributed by atoms with Crippen LogP contribution in [0.25, 0.3) is 0 Å². The molecule has 0 heterocycles. The van der Waals surface area contributed by atoms with Crippen molar-refractivity contribution in [3.05, 3.63) is 94.0 Å². The molecule has 2 bridgehead atoms. The number of fused-ring (bicyclic) bond motifs is 7. The lowest BCUT2D eigenvalue weighted by molar-refractivity contribution is 0.368. The fraction of sp³-hybridized carbons (Fsp3) is 0.200. The number of hydrogen-bond donors (Lipinski definition) is 6. The van der Waals surface area contributed by atoms with Crippen LogP contribution in [0.15, 0.2) is 60.7 Å². The zero-order valence-electron chi connectivity index (χ0n) is 20.6. The second kappa shape index (κ2) is 8.41. The van der Waals surface area contributed by atoms with Crippen molar-refractivity contribution in [2.45, 2.75) is 23.7 Å². The highest BCUT2D eigenvalue weighted by Crippen LogP contribution is 2.69. The van der Waals surface area contributed by atoms with Crippen molar-refractivity contribution < 1.29 is 40.1 Å². The van der Waals surface area contributed by atoms with Crippen LogP contribution in [0.5, 0.6) is 46.0 Å². The minimum atomic E-state index is -0.524. The minimum absolute atomic E-state index is 0.0204. The van der Waals surface area contributed by atoms with Crippen molar-refractivity contribution in [1.29, 1.82) is 0 Å². The fourth-order valence-electron chi connectivity index (χ4n) is 6.56. The maximum atomic E-state index is 11.2. The van der Waals surface area contributed by atoms with Gasteiger partial charge >= 0.3 is 0 Å². The summed E-state index contributed by atoms with van der Waals surface area (Å²) in [6.45, 7) is 0. The lowest BCUT2D eigenvalue weighted by Gasteiger charge is -2.40. The molecular formula is C30H26O8. The van der Waals surface area contributed by atoms with Gasteiger partial charge in [0.25, 0.3) is 0 Å². The van der Waals surface area contributed by atoms with E-state index in [9.17, 15) is 30.6 Å². The Morgan fingerprint density at radius 2 is 1.00 bits per heavy atom. The van der Waals surface area contributed by atoms with Gasteiger partial charge in [0.05, 0.1) is 14.2 Å². The molecule has 4 atom stereocenters. The Balaban J connectivity index is 1.72. The molecule has 0 amide bonds. The van der Waals surface area contributed by atoms with E-state index in [0.29, 0.717) is 22.3 Å². The first-order valence-corrected chi connectivity index (χ1v) is 12.1. The van der Waals surface area contributed by atoms with Gasteiger partial charge in [0, 0.05) is 46.9 Å². The molecule has 8 nitrogen and oxygen atoms in total. The van der Waals surface area contributed by atoms with Crippen LogP contribution >= 0.6 is 0 Å². The molecular weight excluding hydrogens is 488 g/mol. The van der Waals surface area contributed by atoms with Gasteiger partial charge in [-0.15, -0.1) is 0 Å². The van der Waals surface area contributed by atoms with E-state index in [1.807, 2.05) is 0 Å². The molecule has 2 aliphatic carbocycles. The molecule has 4 aromatic carbocycles. The summed E-state index contributed by atoms with van der Waals surface area (Å²) < 4.78 is 10.8. The average Bonchev–Trinajstić information content (AvgIpc) is 3.15. The molecule has 8 heteroatoms. The van der Waals surface area contributed by atoms with Crippen LogP contribution in [-0.4, -0.2) is 44.9 Å². The number of rotatable bonds is 4. The van der Waals surface area contributed by atoms with Crippen LogP contribution in [0.1, 0.15) is 57.1 Å². The number of hydrogen-bond acceptors (Lipinski definition) is 8. The Kier molecular flexibility index (Phi) is 5.24. The van der Waals surface area contributed by atoms with E-state index in [1.165, 1.54) is 32.4 Å². The van der Waals surface area contributed by atoms with E-state index in [-0.39, 0.29) is 51.9 Å². The summed E-state index contributed by atoms with van der Waals surface area (Å²) in [6, 6.07) is 15.8. The maximum absolute atomic E-state index is 11.2. The summed E-state index contributed by atoms with van der Waals surface area (Å²) in [5.41, 5.74) is 3.99. The number of phenolic OH excluding ortho intramolecular Hbond substituents is 6. The zero-order valence-corrected chi connectivity index (χ0v) is 20.6. The highest BCUT2D eigenvalue weighted by Gasteiger charge is 2.54. The van der Waals surface area contributed by atoms with E-state index < -0.39 is 17.8 Å². The monoisotopic (exact) mass is 514 g/mol. The van der Waals surface area contributed by atoms with E-state index >= 15 is 0 Å². The van der Waals surface area contributed by atoms with Gasteiger partial charge in [-0.3, -0.25) is 0 Å². The molecule has 6 N–H and O–H groups in total. The average molecular weight is 515 g/mol. The van der Waals surface area contributed by atoms with Gasteiger partial charge in [-0.05, 0) is 58.7 Å². The maximum Gasteiger partial charge on any atom is 0.160 e. The fourth-order valence-corrected chi connectivity index (χ4v) is 6.56. The van der Waals surface area contributed by atoms with Crippen LogP contribution < -0.4 is 9.47 Å². The molecule has 38 heavy (non-hydrogen) atoms. The molecule has 2 aliphatic rings. The molecule has 0 fully saturated rings. The molecule has 0 aliphatic heterocycles. The van der Waals surface area contributed by atoms with Gasteiger partial charge in [0.1, 0.15) is 23.0 Å². The third-order valence-electron chi connectivity index (χ3n) is 7.92. The summed E-state index contributed by atoms with van der Waals surface area (Å²) in [5.74, 6) is -1.72. The number of aromatic hydroxyl groups is 6. The Labute approximate surface area is 218 Å². The molecule has 0 aromatic heterocycles. The Hall–Kier alpha value is -4.72. The number of methoxy groups -OCH3 is 2. The van der Waals surface area contributed by atoms with E-state index in [2.05, 4.69) is 0 Å². The van der Waals surface area contributed by atoms with Crippen molar-refractivity contribution in [3.8, 4) is 46.0 Å². The van der Waals surface area contributed by atoms with Crippen LogP contribution in [0, 0.1) is 0 Å². The number of ether oxygens (including phenoxy) is 2. The summed E-state index contributed by atoms with van der Waals surface area (Å²) in [6.07, 6.45) is 0. The first-order chi connectivity index (χ1) is 18.2. The van der Waals surface area contributed by atoms with Crippen molar-refractivity contribution >= 4 is 0 Å². The molecule has 194 valence electrons. The molecule has 4 aromatic rings. The standard InChI is InChI=1S/C30H26O8/c1-37-23-7-13(3-5-19(23)33)25-27-17(9-15(31)11-21(27)35)30-26(14-4-6-20(34)24(8-14)38-2)29(25)18-10-16(32)12-22(36)28(18)30/h3-12,25-26,29-36H,1-2H3/t25-,26?,29?,30?/m0/s1. The quantitative estimate of drug-likeness (QED) is 0.221. The zero-order chi connectivity index (χ0) is 26.9. The number of phenols is 6. The molecule has 0 radical (unpaired) electrons. The predicted molar refractivity (Wildman–Crippen MR) is 138 cm³/mol. The Morgan fingerprint density at radius 3 is 1.58 bits per heavy atom. The van der Waals surface area contributed by atoms with Crippen molar-refractivity contribution in [3.63, 3.8) is 0 Å². The van der Waals surface area contributed by atoms with Crippen molar-refractivity contribution in [2.75, 3.05) is 14.2 Å². The normalized spacial score (nSPS) is 21.0. The SMILES string of the molecule is COc1cc(C2C3c4cc(O)cc(O)c4[C@H](c4ccc(O)c(OC)c4)C2c2cc(O)cc(O)c23)ccc1O. The molecule has 3 unspecified atom stereocenters. The van der Waals surface area contributed by atoms with Crippen LogP contribution in [0.2, 0.25) is 0 Å². The lowest BCUT2D eigenvalue weighted by atomic mass is 9.63. The van der Waals surface area contributed by atoms with Gasteiger partial charge in [-0.1, -0.05) is 12.1 Å². The summed E-state index contributed by atoms with van der Waals surface area (Å²) >= 11 is 0. The van der Waals surface area contributed by atoms with Crippen LogP contribution in [0.3, 0.4) is 0 Å². The van der Waals surface area contributed by atoms with Crippen molar-refractivity contribution in [2.24, 2.45) is 0 Å². The second-order valence-corrected chi connectivity index (χ2v) is 9.81. The smallest absolute Gasteiger partial charge is 0.160 e.